The molecule has 2 unspecified atom stereocenters. The highest BCUT2D eigenvalue weighted by atomic mass is 19.1. The molecule has 1 aliphatic heterocycles. The summed E-state index contributed by atoms with van der Waals surface area (Å²) in [7, 11) is 0. The van der Waals surface area contributed by atoms with Crippen LogP contribution in [0.2, 0.25) is 0 Å². The third-order valence-electron chi connectivity index (χ3n) is 3.27. The van der Waals surface area contributed by atoms with Gasteiger partial charge in [-0.3, -0.25) is 0 Å². The second kappa shape index (κ2) is 6.16. The van der Waals surface area contributed by atoms with E-state index in [-0.39, 0.29) is 24.4 Å². The lowest BCUT2D eigenvalue weighted by Crippen LogP contribution is -2.27. The Morgan fingerprint density at radius 3 is 3.17 bits per heavy atom. The lowest BCUT2D eigenvalue weighted by Gasteiger charge is -2.20. The van der Waals surface area contributed by atoms with E-state index in [2.05, 4.69) is 5.32 Å². The molecule has 2 atom stereocenters. The quantitative estimate of drug-likeness (QED) is 0.865. The van der Waals surface area contributed by atoms with Crippen LogP contribution in [0.25, 0.3) is 0 Å². The molecular weight excluding hydrogens is 233 g/mol. The fourth-order valence-corrected chi connectivity index (χ4v) is 2.17. The second-order valence-electron chi connectivity index (χ2n) is 4.92. The summed E-state index contributed by atoms with van der Waals surface area (Å²) in [6, 6.07) is 4.77. The van der Waals surface area contributed by atoms with E-state index in [1.54, 1.807) is 12.1 Å². The Morgan fingerprint density at radius 2 is 2.39 bits per heavy atom. The van der Waals surface area contributed by atoms with Crippen LogP contribution >= 0.6 is 0 Å². The van der Waals surface area contributed by atoms with Gasteiger partial charge in [-0.05, 0) is 37.0 Å². The number of halogens is 1. The molecule has 3 nitrogen and oxygen atoms in total. The molecule has 0 saturated heterocycles. The van der Waals surface area contributed by atoms with Crippen LogP contribution in [0.1, 0.15) is 31.4 Å². The van der Waals surface area contributed by atoms with E-state index in [0.717, 1.165) is 30.7 Å². The zero-order chi connectivity index (χ0) is 13.0. The summed E-state index contributed by atoms with van der Waals surface area (Å²) in [5.41, 5.74) is 0.887. The number of hydrogen-bond acceptors (Lipinski definition) is 3. The van der Waals surface area contributed by atoms with Crippen LogP contribution in [-0.4, -0.2) is 24.9 Å². The summed E-state index contributed by atoms with van der Waals surface area (Å²) in [6.07, 6.45) is 1.87. The van der Waals surface area contributed by atoms with E-state index in [1.165, 1.54) is 6.07 Å². The third-order valence-corrected chi connectivity index (χ3v) is 3.27. The van der Waals surface area contributed by atoms with Gasteiger partial charge in [-0.15, -0.1) is 0 Å². The average molecular weight is 253 g/mol. The molecule has 2 N–H and O–H groups in total. The molecule has 4 heteroatoms. The average Bonchev–Trinajstić information content (AvgIpc) is 2.58. The van der Waals surface area contributed by atoms with Gasteiger partial charge in [0, 0.05) is 24.8 Å². The van der Waals surface area contributed by atoms with Crippen molar-refractivity contribution in [2.24, 2.45) is 5.92 Å². The van der Waals surface area contributed by atoms with Crippen molar-refractivity contribution in [2.75, 3.05) is 19.8 Å². The first-order chi connectivity index (χ1) is 8.70. The van der Waals surface area contributed by atoms with Gasteiger partial charge in [-0.2, -0.15) is 0 Å². The molecule has 0 radical (unpaired) electrons. The van der Waals surface area contributed by atoms with Crippen LogP contribution in [0.4, 0.5) is 4.39 Å². The fraction of sp³-hybridized carbons (Fsp3) is 0.571. The Kier molecular flexibility index (Phi) is 4.55. The summed E-state index contributed by atoms with van der Waals surface area (Å²) in [4.78, 5) is 0. The maximum atomic E-state index is 13.3. The van der Waals surface area contributed by atoms with Crippen molar-refractivity contribution >= 4 is 0 Å². The summed E-state index contributed by atoms with van der Waals surface area (Å²) < 4.78 is 19.0. The number of rotatable bonds is 4. The minimum atomic E-state index is -0.235. The summed E-state index contributed by atoms with van der Waals surface area (Å²) in [5.74, 6) is 0.732. The number of aliphatic hydroxyl groups is 1. The molecule has 1 heterocycles. The van der Waals surface area contributed by atoms with Crippen molar-refractivity contribution in [1.82, 2.24) is 5.32 Å². The minimum Gasteiger partial charge on any atom is -0.493 e. The molecule has 0 bridgehead atoms. The summed E-state index contributed by atoms with van der Waals surface area (Å²) in [6.45, 7) is 3.53. The van der Waals surface area contributed by atoms with Gasteiger partial charge in [0.1, 0.15) is 11.6 Å². The predicted molar refractivity (Wildman–Crippen MR) is 68.1 cm³/mol. The number of hydrogen-bond donors (Lipinski definition) is 2. The van der Waals surface area contributed by atoms with Crippen molar-refractivity contribution in [3.63, 3.8) is 0 Å². The molecule has 0 aliphatic carbocycles. The molecule has 18 heavy (non-hydrogen) atoms. The highest BCUT2D eigenvalue weighted by molar-refractivity contribution is 5.37. The monoisotopic (exact) mass is 253 g/mol. The van der Waals surface area contributed by atoms with Crippen LogP contribution in [0.3, 0.4) is 0 Å². The number of benzene rings is 1. The summed E-state index contributed by atoms with van der Waals surface area (Å²) >= 11 is 0. The highest BCUT2D eigenvalue weighted by Gasteiger charge is 2.20. The molecule has 100 valence electrons. The zero-order valence-electron chi connectivity index (χ0n) is 10.7. The fourth-order valence-electron chi connectivity index (χ4n) is 2.17. The van der Waals surface area contributed by atoms with Gasteiger partial charge in [-0.25, -0.2) is 4.39 Å². The number of ether oxygens (including phenoxy) is 1. The van der Waals surface area contributed by atoms with Crippen molar-refractivity contribution in [3.05, 3.63) is 29.6 Å². The standard InChI is InChI=1S/C14H20FNO2/c1-10(9-17)8-16-13-3-2-6-18-14-5-4-11(15)7-12(13)14/h4-5,7,10,13,16-17H,2-3,6,8-9H2,1H3. The lowest BCUT2D eigenvalue weighted by molar-refractivity contribution is 0.229. The van der Waals surface area contributed by atoms with Crippen LogP contribution in [0.15, 0.2) is 18.2 Å². The Labute approximate surface area is 107 Å². The molecule has 0 aromatic heterocycles. The van der Waals surface area contributed by atoms with Gasteiger partial charge in [0.25, 0.3) is 0 Å². The van der Waals surface area contributed by atoms with E-state index >= 15 is 0 Å². The normalized spacial score (nSPS) is 20.7. The number of nitrogens with one attached hydrogen (secondary N) is 1. The van der Waals surface area contributed by atoms with E-state index < -0.39 is 0 Å². The molecule has 1 aromatic rings. The largest absolute Gasteiger partial charge is 0.493 e. The minimum absolute atomic E-state index is 0.104. The molecular formula is C14H20FNO2. The van der Waals surface area contributed by atoms with Crippen LogP contribution in [0.5, 0.6) is 5.75 Å². The molecule has 1 aliphatic rings. The van der Waals surface area contributed by atoms with Gasteiger partial charge in [0.2, 0.25) is 0 Å². The Bertz CT molecular complexity index is 397. The molecule has 2 rings (SSSR count). The van der Waals surface area contributed by atoms with Crippen molar-refractivity contribution < 1.29 is 14.2 Å². The van der Waals surface area contributed by atoms with E-state index in [4.69, 9.17) is 9.84 Å². The molecule has 0 fully saturated rings. The first-order valence-electron chi connectivity index (χ1n) is 6.47. The topological polar surface area (TPSA) is 41.5 Å². The smallest absolute Gasteiger partial charge is 0.124 e. The van der Waals surface area contributed by atoms with E-state index in [0.29, 0.717) is 6.61 Å². The van der Waals surface area contributed by atoms with Crippen LogP contribution < -0.4 is 10.1 Å². The van der Waals surface area contributed by atoms with Gasteiger partial charge in [-0.1, -0.05) is 6.92 Å². The zero-order valence-corrected chi connectivity index (χ0v) is 10.7. The molecule has 0 saturated carbocycles. The molecule has 0 spiro atoms. The Hall–Kier alpha value is -1.13. The highest BCUT2D eigenvalue weighted by Crippen LogP contribution is 2.32. The van der Waals surface area contributed by atoms with Gasteiger partial charge in [0.05, 0.1) is 6.61 Å². The van der Waals surface area contributed by atoms with E-state index in [9.17, 15) is 4.39 Å². The van der Waals surface area contributed by atoms with Crippen LogP contribution in [-0.2, 0) is 0 Å². The van der Waals surface area contributed by atoms with E-state index in [1.807, 2.05) is 6.92 Å². The lowest BCUT2D eigenvalue weighted by atomic mass is 10.0. The molecule has 1 aromatic carbocycles. The summed E-state index contributed by atoms with van der Waals surface area (Å²) in [5, 5.41) is 12.4. The van der Waals surface area contributed by atoms with Gasteiger partial charge in [0.15, 0.2) is 0 Å². The van der Waals surface area contributed by atoms with Crippen molar-refractivity contribution in [3.8, 4) is 5.75 Å². The van der Waals surface area contributed by atoms with Crippen molar-refractivity contribution in [1.29, 1.82) is 0 Å². The maximum absolute atomic E-state index is 13.3. The predicted octanol–water partition coefficient (Wildman–Crippen LogP) is 2.26. The number of fused-ring (bicyclic) bond motifs is 1. The van der Waals surface area contributed by atoms with Crippen LogP contribution in [0, 0.1) is 11.7 Å². The Morgan fingerprint density at radius 1 is 1.56 bits per heavy atom. The third kappa shape index (κ3) is 3.21. The SMILES string of the molecule is CC(CO)CNC1CCCOc2ccc(F)cc21. The second-order valence-corrected chi connectivity index (χ2v) is 4.92. The van der Waals surface area contributed by atoms with Gasteiger partial charge < -0.3 is 15.2 Å². The van der Waals surface area contributed by atoms with Gasteiger partial charge >= 0.3 is 0 Å². The number of aliphatic hydroxyl groups excluding tert-OH is 1. The molecule has 0 amide bonds. The van der Waals surface area contributed by atoms with Crippen molar-refractivity contribution in [2.45, 2.75) is 25.8 Å². The Balaban J connectivity index is 2.13. The first-order valence-corrected chi connectivity index (χ1v) is 6.47. The maximum Gasteiger partial charge on any atom is 0.124 e. The first kappa shape index (κ1) is 13.3.